The van der Waals surface area contributed by atoms with E-state index >= 15 is 0 Å². The summed E-state index contributed by atoms with van der Waals surface area (Å²) in [6.45, 7) is 2.01. The van der Waals surface area contributed by atoms with Crippen LogP contribution < -0.4 is 0 Å². The van der Waals surface area contributed by atoms with Crippen LogP contribution in [0.25, 0.3) is 0 Å². The highest BCUT2D eigenvalue weighted by molar-refractivity contribution is 7.09. The lowest BCUT2D eigenvalue weighted by atomic mass is 10.0. The van der Waals surface area contributed by atoms with Crippen LogP contribution in [0, 0.1) is 6.92 Å². The van der Waals surface area contributed by atoms with Crippen molar-refractivity contribution < 1.29 is 4.79 Å². The number of carbonyl (C=O) groups is 1. The molecule has 0 saturated carbocycles. The van der Waals surface area contributed by atoms with Gasteiger partial charge in [0.25, 0.3) is 0 Å². The standard InChI is InChI=1S/C14H14OS/c1-11-4-2-5-12(10-11)14(15)8-7-13-6-3-9-16-13/h2-6,9-10H,7-8H2,1H3. The van der Waals surface area contributed by atoms with Gasteiger partial charge in [0.2, 0.25) is 0 Å². The van der Waals surface area contributed by atoms with Crippen LogP contribution in [0.15, 0.2) is 41.8 Å². The van der Waals surface area contributed by atoms with Gasteiger partial charge < -0.3 is 0 Å². The zero-order valence-electron chi connectivity index (χ0n) is 9.27. The minimum absolute atomic E-state index is 0.233. The van der Waals surface area contributed by atoms with Gasteiger partial charge in [-0.3, -0.25) is 4.79 Å². The molecule has 2 heteroatoms. The van der Waals surface area contributed by atoms with Crippen LogP contribution >= 0.6 is 11.3 Å². The van der Waals surface area contributed by atoms with Gasteiger partial charge in [0.15, 0.2) is 5.78 Å². The maximum absolute atomic E-state index is 11.9. The molecule has 82 valence electrons. The van der Waals surface area contributed by atoms with E-state index in [1.807, 2.05) is 42.6 Å². The number of carbonyl (C=O) groups excluding carboxylic acids is 1. The van der Waals surface area contributed by atoms with Crippen molar-refractivity contribution in [2.24, 2.45) is 0 Å². The second-order valence-corrected chi connectivity index (χ2v) is 4.90. The molecule has 16 heavy (non-hydrogen) atoms. The maximum atomic E-state index is 11.9. The van der Waals surface area contributed by atoms with E-state index in [0.29, 0.717) is 6.42 Å². The molecule has 0 fully saturated rings. The summed E-state index contributed by atoms with van der Waals surface area (Å²) in [5.41, 5.74) is 1.97. The third-order valence-electron chi connectivity index (χ3n) is 2.52. The van der Waals surface area contributed by atoms with E-state index in [-0.39, 0.29) is 5.78 Å². The lowest BCUT2D eigenvalue weighted by Crippen LogP contribution is -2.00. The van der Waals surface area contributed by atoms with E-state index in [0.717, 1.165) is 17.5 Å². The Kier molecular flexibility index (Phi) is 3.52. The molecule has 0 saturated heterocycles. The largest absolute Gasteiger partial charge is 0.294 e. The molecule has 1 aromatic heterocycles. The van der Waals surface area contributed by atoms with Gasteiger partial charge in [0.05, 0.1) is 0 Å². The number of hydrogen-bond acceptors (Lipinski definition) is 2. The lowest BCUT2D eigenvalue weighted by Gasteiger charge is -2.01. The molecule has 2 aromatic rings. The van der Waals surface area contributed by atoms with Crippen LogP contribution in [0.3, 0.4) is 0 Å². The monoisotopic (exact) mass is 230 g/mol. The number of ketones is 1. The fourth-order valence-electron chi connectivity index (χ4n) is 1.65. The quantitative estimate of drug-likeness (QED) is 0.729. The van der Waals surface area contributed by atoms with Gasteiger partial charge in [-0.25, -0.2) is 0 Å². The molecular formula is C14H14OS. The number of Topliss-reactive ketones (excluding diaryl/α,β-unsaturated/α-hetero) is 1. The Morgan fingerprint density at radius 3 is 2.81 bits per heavy atom. The second kappa shape index (κ2) is 5.08. The average Bonchev–Trinajstić information content (AvgIpc) is 2.78. The molecule has 0 spiro atoms. The summed E-state index contributed by atoms with van der Waals surface area (Å²) in [6, 6.07) is 11.9. The Balaban J connectivity index is 1.98. The highest BCUT2D eigenvalue weighted by Gasteiger charge is 2.06. The smallest absolute Gasteiger partial charge is 0.163 e. The molecule has 0 aliphatic carbocycles. The predicted octanol–water partition coefficient (Wildman–Crippen LogP) is 3.87. The Hall–Kier alpha value is -1.41. The zero-order valence-corrected chi connectivity index (χ0v) is 10.1. The van der Waals surface area contributed by atoms with Crippen molar-refractivity contribution in [1.29, 1.82) is 0 Å². The van der Waals surface area contributed by atoms with Crippen LogP contribution in [-0.4, -0.2) is 5.78 Å². The summed E-state index contributed by atoms with van der Waals surface area (Å²) in [7, 11) is 0. The summed E-state index contributed by atoms with van der Waals surface area (Å²) in [4.78, 5) is 13.2. The zero-order chi connectivity index (χ0) is 11.4. The predicted molar refractivity (Wildman–Crippen MR) is 68.1 cm³/mol. The minimum Gasteiger partial charge on any atom is -0.294 e. The first kappa shape index (κ1) is 11.1. The topological polar surface area (TPSA) is 17.1 Å². The third-order valence-corrected chi connectivity index (χ3v) is 3.45. The molecule has 0 radical (unpaired) electrons. The van der Waals surface area contributed by atoms with Crippen molar-refractivity contribution in [2.45, 2.75) is 19.8 Å². The first-order valence-corrected chi connectivity index (χ1v) is 6.26. The SMILES string of the molecule is Cc1cccc(C(=O)CCc2cccs2)c1. The van der Waals surface area contributed by atoms with Gasteiger partial charge in [0.1, 0.15) is 0 Å². The molecule has 2 rings (SSSR count). The van der Waals surface area contributed by atoms with Crippen molar-refractivity contribution in [2.75, 3.05) is 0 Å². The molecule has 1 heterocycles. The van der Waals surface area contributed by atoms with Crippen molar-refractivity contribution in [3.63, 3.8) is 0 Å². The first-order valence-electron chi connectivity index (χ1n) is 5.38. The fourth-order valence-corrected chi connectivity index (χ4v) is 2.36. The Bertz CT molecular complexity index is 471. The van der Waals surface area contributed by atoms with Crippen LogP contribution in [-0.2, 0) is 6.42 Å². The number of benzene rings is 1. The third kappa shape index (κ3) is 2.80. The maximum Gasteiger partial charge on any atom is 0.163 e. The van der Waals surface area contributed by atoms with E-state index in [9.17, 15) is 4.79 Å². The number of rotatable bonds is 4. The van der Waals surface area contributed by atoms with E-state index in [1.165, 1.54) is 4.88 Å². The van der Waals surface area contributed by atoms with Crippen molar-refractivity contribution in [3.05, 3.63) is 57.8 Å². The van der Waals surface area contributed by atoms with Gasteiger partial charge in [-0.2, -0.15) is 0 Å². The average molecular weight is 230 g/mol. The van der Waals surface area contributed by atoms with Gasteiger partial charge in [-0.05, 0) is 30.9 Å². The Morgan fingerprint density at radius 1 is 1.25 bits per heavy atom. The molecule has 0 aliphatic rings. The molecule has 0 aliphatic heterocycles. The Morgan fingerprint density at radius 2 is 2.12 bits per heavy atom. The van der Waals surface area contributed by atoms with Gasteiger partial charge >= 0.3 is 0 Å². The minimum atomic E-state index is 0.233. The second-order valence-electron chi connectivity index (χ2n) is 3.87. The molecule has 1 nitrogen and oxygen atoms in total. The number of hydrogen-bond donors (Lipinski definition) is 0. The fraction of sp³-hybridized carbons (Fsp3) is 0.214. The van der Waals surface area contributed by atoms with E-state index in [2.05, 4.69) is 6.07 Å². The normalized spacial score (nSPS) is 10.3. The van der Waals surface area contributed by atoms with Crippen LogP contribution in [0.5, 0.6) is 0 Å². The molecule has 1 aromatic carbocycles. The van der Waals surface area contributed by atoms with Crippen molar-refractivity contribution >= 4 is 17.1 Å². The molecular weight excluding hydrogens is 216 g/mol. The summed E-state index contributed by atoms with van der Waals surface area (Å²) in [5, 5.41) is 2.05. The number of thiophene rings is 1. The molecule has 0 N–H and O–H groups in total. The summed E-state index contributed by atoms with van der Waals surface area (Å²) >= 11 is 1.71. The molecule has 0 bridgehead atoms. The first-order chi connectivity index (χ1) is 7.75. The van der Waals surface area contributed by atoms with Crippen molar-refractivity contribution in [1.82, 2.24) is 0 Å². The lowest BCUT2D eigenvalue weighted by molar-refractivity contribution is 0.0983. The van der Waals surface area contributed by atoms with Gasteiger partial charge in [0, 0.05) is 16.9 Å². The molecule has 0 atom stereocenters. The van der Waals surface area contributed by atoms with Crippen LogP contribution in [0.2, 0.25) is 0 Å². The van der Waals surface area contributed by atoms with Gasteiger partial charge in [-0.15, -0.1) is 11.3 Å². The van der Waals surface area contributed by atoms with E-state index < -0.39 is 0 Å². The van der Waals surface area contributed by atoms with Crippen LogP contribution in [0.4, 0.5) is 0 Å². The number of aryl methyl sites for hydroxylation is 2. The summed E-state index contributed by atoms with van der Waals surface area (Å²) in [5.74, 6) is 0.233. The highest BCUT2D eigenvalue weighted by atomic mass is 32.1. The highest BCUT2D eigenvalue weighted by Crippen LogP contribution is 2.13. The van der Waals surface area contributed by atoms with E-state index in [4.69, 9.17) is 0 Å². The molecule has 0 amide bonds. The van der Waals surface area contributed by atoms with E-state index in [1.54, 1.807) is 11.3 Å². The molecule has 0 unspecified atom stereocenters. The summed E-state index contributed by atoms with van der Waals surface area (Å²) in [6.07, 6.45) is 1.45. The van der Waals surface area contributed by atoms with Crippen molar-refractivity contribution in [3.8, 4) is 0 Å². The van der Waals surface area contributed by atoms with Crippen LogP contribution in [0.1, 0.15) is 27.2 Å². The summed E-state index contributed by atoms with van der Waals surface area (Å²) < 4.78 is 0. The van der Waals surface area contributed by atoms with Gasteiger partial charge in [-0.1, -0.05) is 29.8 Å². The Labute approximate surface area is 99.8 Å².